The number of aryl methyl sites for hydroxylation is 1. The Hall–Kier alpha value is -1.77. The number of ether oxygens (including phenoxy) is 1. The Balaban J connectivity index is 0.00000576. The molecule has 0 spiro atoms. The standard InChI is InChI=1S/C18H28N4O2.HI/c1-13(2)10-19-18(21-12-17(23)22(4)5)20-11-15-7-14(3)8-16(9-15)24-6;/h7-9H,1,10-12H2,2-6H3,(H2,19,20,21);1H. The molecule has 0 saturated heterocycles. The molecule has 6 nitrogen and oxygen atoms in total. The van der Waals surface area contributed by atoms with E-state index in [1.54, 1.807) is 21.2 Å². The van der Waals surface area contributed by atoms with Crippen molar-refractivity contribution in [3.8, 4) is 5.75 Å². The first kappa shape index (κ1) is 23.2. The second-order valence-electron chi connectivity index (χ2n) is 5.98. The first-order valence-corrected chi connectivity index (χ1v) is 7.83. The summed E-state index contributed by atoms with van der Waals surface area (Å²) in [6.45, 7) is 9.08. The van der Waals surface area contributed by atoms with Gasteiger partial charge in [-0.15, -0.1) is 24.0 Å². The Morgan fingerprint density at radius 1 is 1.24 bits per heavy atom. The van der Waals surface area contributed by atoms with Crippen molar-refractivity contribution in [2.45, 2.75) is 20.4 Å². The van der Waals surface area contributed by atoms with Crippen LogP contribution < -0.4 is 15.4 Å². The van der Waals surface area contributed by atoms with Crippen LogP contribution in [0.15, 0.2) is 35.3 Å². The molecule has 0 fully saturated rings. The zero-order chi connectivity index (χ0) is 18.1. The van der Waals surface area contributed by atoms with E-state index >= 15 is 0 Å². The Morgan fingerprint density at radius 2 is 1.88 bits per heavy atom. The number of likely N-dealkylation sites (N-methyl/N-ethyl adjacent to an activating group) is 1. The van der Waals surface area contributed by atoms with Crippen molar-refractivity contribution in [2.24, 2.45) is 4.99 Å². The molecular formula is C18H29IN4O2. The maximum absolute atomic E-state index is 11.7. The van der Waals surface area contributed by atoms with Gasteiger partial charge in [-0.25, -0.2) is 4.99 Å². The average molecular weight is 460 g/mol. The Kier molecular flexibility index (Phi) is 10.9. The third kappa shape index (κ3) is 9.33. The van der Waals surface area contributed by atoms with Crippen LogP contribution in [0.2, 0.25) is 0 Å². The zero-order valence-corrected chi connectivity index (χ0v) is 18.0. The molecule has 25 heavy (non-hydrogen) atoms. The lowest BCUT2D eigenvalue weighted by Gasteiger charge is -2.15. The van der Waals surface area contributed by atoms with Crippen LogP contribution >= 0.6 is 24.0 Å². The van der Waals surface area contributed by atoms with E-state index in [9.17, 15) is 4.79 Å². The molecule has 0 aliphatic heterocycles. The number of carbonyl (C=O) groups is 1. The third-order valence-electron chi connectivity index (χ3n) is 3.23. The summed E-state index contributed by atoms with van der Waals surface area (Å²) in [6.07, 6.45) is 0. The van der Waals surface area contributed by atoms with Gasteiger partial charge in [-0.1, -0.05) is 18.2 Å². The molecule has 1 amide bonds. The molecule has 1 aromatic rings. The van der Waals surface area contributed by atoms with Crippen LogP contribution in [0.1, 0.15) is 18.1 Å². The van der Waals surface area contributed by atoms with Crippen LogP contribution in [-0.2, 0) is 11.3 Å². The summed E-state index contributed by atoms with van der Waals surface area (Å²) in [5.41, 5.74) is 3.15. The molecule has 0 atom stereocenters. The average Bonchev–Trinajstić information content (AvgIpc) is 2.52. The lowest BCUT2D eigenvalue weighted by molar-refractivity contribution is -0.127. The third-order valence-corrected chi connectivity index (χ3v) is 3.23. The monoisotopic (exact) mass is 460 g/mol. The summed E-state index contributed by atoms with van der Waals surface area (Å²) in [4.78, 5) is 17.8. The molecular weight excluding hydrogens is 431 g/mol. The van der Waals surface area contributed by atoms with Crippen LogP contribution in [0.4, 0.5) is 0 Å². The molecule has 0 aromatic heterocycles. The number of hydrogen-bond acceptors (Lipinski definition) is 3. The first-order chi connectivity index (χ1) is 11.3. The van der Waals surface area contributed by atoms with Gasteiger partial charge in [0.15, 0.2) is 5.96 Å². The fourth-order valence-electron chi connectivity index (χ4n) is 1.93. The quantitative estimate of drug-likeness (QED) is 0.284. The highest BCUT2D eigenvalue weighted by Gasteiger charge is 2.06. The molecule has 2 N–H and O–H groups in total. The Bertz CT molecular complexity index is 615. The molecule has 0 unspecified atom stereocenters. The molecule has 0 radical (unpaired) electrons. The van der Waals surface area contributed by atoms with E-state index in [1.165, 1.54) is 4.90 Å². The second-order valence-corrected chi connectivity index (χ2v) is 5.98. The first-order valence-electron chi connectivity index (χ1n) is 7.83. The van der Waals surface area contributed by atoms with Crippen molar-refractivity contribution < 1.29 is 9.53 Å². The van der Waals surface area contributed by atoms with E-state index in [1.807, 2.05) is 26.0 Å². The lowest BCUT2D eigenvalue weighted by Crippen LogP contribution is -2.43. The number of benzene rings is 1. The number of nitrogens with one attached hydrogen (secondary N) is 2. The summed E-state index contributed by atoms with van der Waals surface area (Å²) >= 11 is 0. The van der Waals surface area contributed by atoms with Crippen LogP contribution in [0.5, 0.6) is 5.75 Å². The topological polar surface area (TPSA) is 66.0 Å². The van der Waals surface area contributed by atoms with E-state index in [2.05, 4.69) is 28.3 Å². The van der Waals surface area contributed by atoms with Crippen molar-refractivity contribution in [1.29, 1.82) is 0 Å². The highest BCUT2D eigenvalue weighted by atomic mass is 127. The van der Waals surface area contributed by atoms with Gasteiger partial charge in [-0.05, 0) is 37.1 Å². The molecule has 0 bridgehead atoms. The molecule has 0 saturated carbocycles. The van der Waals surface area contributed by atoms with Gasteiger partial charge in [-0.3, -0.25) is 4.79 Å². The van der Waals surface area contributed by atoms with Gasteiger partial charge in [0.25, 0.3) is 0 Å². The van der Waals surface area contributed by atoms with Gasteiger partial charge in [-0.2, -0.15) is 0 Å². The van der Waals surface area contributed by atoms with Crippen LogP contribution in [-0.4, -0.2) is 51.1 Å². The summed E-state index contributed by atoms with van der Waals surface area (Å²) < 4.78 is 5.29. The predicted molar refractivity (Wildman–Crippen MR) is 114 cm³/mol. The maximum Gasteiger partial charge on any atom is 0.241 e. The molecule has 140 valence electrons. The molecule has 7 heteroatoms. The van der Waals surface area contributed by atoms with Crippen molar-refractivity contribution in [1.82, 2.24) is 15.5 Å². The Labute approximate surface area is 167 Å². The molecule has 0 aliphatic rings. The number of rotatable bonds is 7. The van der Waals surface area contributed by atoms with Gasteiger partial charge < -0.3 is 20.3 Å². The van der Waals surface area contributed by atoms with E-state index in [0.29, 0.717) is 19.0 Å². The second kappa shape index (κ2) is 11.7. The number of nitrogens with zero attached hydrogens (tertiary/aromatic N) is 2. The minimum Gasteiger partial charge on any atom is -0.497 e. The van der Waals surface area contributed by atoms with Gasteiger partial charge in [0.2, 0.25) is 5.91 Å². The largest absolute Gasteiger partial charge is 0.497 e. The predicted octanol–water partition coefficient (Wildman–Crippen LogP) is 2.32. The van der Waals surface area contributed by atoms with Gasteiger partial charge >= 0.3 is 0 Å². The summed E-state index contributed by atoms with van der Waals surface area (Å²) in [6, 6.07) is 5.99. The van der Waals surface area contributed by atoms with Gasteiger partial charge in [0.05, 0.1) is 20.2 Å². The molecule has 0 heterocycles. The van der Waals surface area contributed by atoms with Crippen molar-refractivity contribution in [2.75, 3.05) is 34.3 Å². The van der Waals surface area contributed by atoms with Crippen molar-refractivity contribution >= 4 is 35.8 Å². The zero-order valence-electron chi connectivity index (χ0n) is 15.7. The van der Waals surface area contributed by atoms with Gasteiger partial charge in [0, 0.05) is 20.6 Å². The van der Waals surface area contributed by atoms with Crippen LogP contribution in [0, 0.1) is 6.92 Å². The maximum atomic E-state index is 11.7. The van der Waals surface area contributed by atoms with Crippen LogP contribution in [0.3, 0.4) is 0 Å². The van der Waals surface area contributed by atoms with E-state index in [-0.39, 0.29) is 36.4 Å². The number of guanidine groups is 1. The fourth-order valence-corrected chi connectivity index (χ4v) is 1.93. The highest BCUT2D eigenvalue weighted by Crippen LogP contribution is 2.16. The molecule has 1 aromatic carbocycles. The normalized spacial score (nSPS) is 10.5. The van der Waals surface area contributed by atoms with Crippen molar-refractivity contribution in [3.63, 3.8) is 0 Å². The number of aliphatic imine (C=N–C) groups is 1. The van der Waals surface area contributed by atoms with E-state index in [0.717, 1.165) is 22.4 Å². The lowest BCUT2D eigenvalue weighted by atomic mass is 10.1. The number of halogens is 1. The smallest absolute Gasteiger partial charge is 0.241 e. The van der Waals surface area contributed by atoms with Gasteiger partial charge in [0.1, 0.15) is 5.75 Å². The number of hydrogen-bond donors (Lipinski definition) is 2. The fraction of sp³-hybridized carbons (Fsp3) is 0.444. The minimum atomic E-state index is -0.0166. The highest BCUT2D eigenvalue weighted by molar-refractivity contribution is 14.0. The SMILES string of the molecule is C=C(C)CNC(=NCc1cc(C)cc(OC)c1)NCC(=O)N(C)C.I. The van der Waals surface area contributed by atoms with Crippen LogP contribution in [0.25, 0.3) is 0 Å². The van der Waals surface area contributed by atoms with Crippen molar-refractivity contribution in [3.05, 3.63) is 41.5 Å². The molecule has 1 rings (SSSR count). The number of amides is 1. The summed E-state index contributed by atoms with van der Waals surface area (Å²) in [5.74, 6) is 1.37. The molecule has 0 aliphatic carbocycles. The number of methoxy groups -OCH3 is 1. The Morgan fingerprint density at radius 3 is 2.44 bits per heavy atom. The van der Waals surface area contributed by atoms with E-state index < -0.39 is 0 Å². The number of carbonyl (C=O) groups excluding carboxylic acids is 1. The summed E-state index contributed by atoms with van der Waals surface area (Å²) in [7, 11) is 5.10. The summed E-state index contributed by atoms with van der Waals surface area (Å²) in [5, 5.41) is 6.21. The van der Waals surface area contributed by atoms with E-state index in [4.69, 9.17) is 4.74 Å². The minimum absolute atomic E-state index is 0.